The lowest BCUT2D eigenvalue weighted by Gasteiger charge is -2.08. The number of aryl methyl sites for hydroxylation is 1. The minimum absolute atomic E-state index is 0.414. The topological polar surface area (TPSA) is 41.6 Å². The van der Waals surface area contributed by atoms with Crippen molar-refractivity contribution in [2.24, 2.45) is 0 Å². The second kappa shape index (κ2) is 4.60. The van der Waals surface area contributed by atoms with Crippen molar-refractivity contribution in [3.05, 3.63) is 47.0 Å². The number of halogens is 1. The molecule has 1 aromatic carbocycles. The van der Waals surface area contributed by atoms with E-state index in [1.165, 1.54) is 0 Å². The predicted octanol–water partition coefficient (Wildman–Crippen LogP) is 3.10. The van der Waals surface area contributed by atoms with E-state index < -0.39 is 0 Å². The molecule has 86 valence electrons. The first-order valence-corrected chi connectivity index (χ1v) is 5.80. The molecule has 3 nitrogen and oxygen atoms in total. The van der Waals surface area contributed by atoms with Gasteiger partial charge in [-0.1, -0.05) is 6.07 Å². The Labute approximate surface area is 105 Å². The highest BCUT2D eigenvalue weighted by atomic mass is 35.5. The van der Waals surface area contributed by atoms with Gasteiger partial charge in [0.1, 0.15) is 6.07 Å². The van der Waals surface area contributed by atoms with Crippen LogP contribution in [0.2, 0.25) is 0 Å². The maximum absolute atomic E-state index is 9.17. The molecule has 0 saturated heterocycles. The van der Waals surface area contributed by atoms with Gasteiger partial charge >= 0.3 is 0 Å². The Morgan fingerprint density at radius 1 is 1.41 bits per heavy atom. The van der Waals surface area contributed by atoms with Crippen LogP contribution >= 0.6 is 11.6 Å². The van der Waals surface area contributed by atoms with E-state index in [1.54, 1.807) is 6.33 Å². The maximum Gasteiger partial charge on any atom is 0.101 e. The summed E-state index contributed by atoms with van der Waals surface area (Å²) >= 11 is 5.76. The summed E-state index contributed by atoms with van der Waals surface area (Å²) in [6.45, 7) is 3.93. The molecule has 1 heterocycles. The van der Waals surface area contributed by atoms with Crippen molar-refractivity contribution in [3.63, 3.8) is 0 Å². The second-order valence-corrected chi connectivity index (χ2v) is 4.15. The lowest BCUT2D eigenvalue weighted by molar-refractivity contribution is 0.994. The molecule has 0 aliphatic heterocycles. The van der Waals surface area contributed by atoms with Crippen LogP contribution in [0, 0.1) is 25.2 Å². The van der Waals surface area contributed by atoms with Crippen molar-refractivity contribution >= 4 is 11.6 Å². The number of alkyl halides is 1. The monoisotopic (exact) mass is 245 g/mol. The average Bonchev–Trinajstić information content (AvgIpc) is 2.69. The molecule has 4 heteroatoms. The van der Waals surface area contributed by atoms with Crippen LogP contribution in [0.4, 0.5) is 0 Å². The number of hydrogen-bond acceptors (Lipinski definition) is 2. The van der Waals surface area contributed by atoms with E-state index in [2.05, 4.69) is 11.1 Å². The molecule has 0 aliphatic rings. The van der Waals surface area contributed by atoms with Gasteiger partial charge in [0.05, 0.1) is 23.3 Å². The van der Waals surface area contributed by atoms with Crippen molar-refractivity contribution in [2.75, 3.05) is 0 Å². The zero-order chi connectivity index (χ0) is 12.4. The first-order chi connectivity index (χ1) is 8.17. The van der Waals surface area contributed by atoms with Gasteiger partial charge in [-0.25, -0.2) is 4.98 Å². The van der Waals surface area contributed by atoms with Gasteiger partial charge in [0.2, 0.25) is 0 Å². The fraction of sp³-hybridized carbons (Fsp3) is 0.231. The summed E-state index contributed by atoms with van der Waals surface area (Å²) in [5.74, 6) is 0.414. The van der Waals surface area contributed by atoms with Crippen LogP contribution in [0.25, 0.3) is 5.69 Å². The molecule has 0 fully saturated rings. The number of hydrogen-bond donors (Lipinski definition) is 0. The third kappa shape index (κ3) is 2.04. The number of aromatic nitrogens is 2. The summed E-state index contributed by atoms with van der Waals surface area (Å²) in [5.41, 5.74) is 4.42. The summed E-state index contributed by atoms with van der Waals surface area (Å²) in [5, 5.41) is 9.17. The van der Waals surface area contributed by atoms with Crippen molar-refractivity contribution in [1.82, 2.24) is 9.55 Å². The van der Waals surface area contributed by atoms with Gasteiger partial charge in [-0.3, -0.25) is 0 Å². The van der Waals surface area contributed by atoms with Crippen molar-refractivity contribution in [1.29, 1.82) is 5.26 Å². The van der Waals surface area contributed by atoms with Crippen LogP contribution in [0.5, 0.6) is 0 Å². The molecule has 0 saturated carbocycles. The van der Waals surface area contributed by atoms with Gasteiger partial charge < -0.3 is 4.57 Å². The van der Waals surface area contributed by atoms with Crippen LogP contribution in [0.15, 0.2) is 24.5 Å². The normalized spacial score (nSPS) is 10.2. The predicted molar refractivity (Wildman–Crippen MR) is 67.3 cm³/mol. The zero-order valence-electron chi connectivity index (χ0n) is 9.74. The molecular formula is C13H12ClN3. The Hall–Kier alpha value is -1.79. The molecule has 2 aromatic rings. The number of benzene rings is 1. The van der Waals surface area contributed by atoms with Crippen LogP contribution in [0.1, 0.15) is 22.5 Å². The number of nitriles is 1. The molecule has 0 amide bonds. The fourth-order valence-corrected chi connectivity index (χ4v) is 1.87. The molecule has 0 bridgehead atoms. The minimum atomic E-state index is 0.414. The Morgan fingerprint density at radius 2 is 2.18 bits per heavy atom. The summed E-state index contributed by atoms with van der Waals surface area (Å²) in [6, 6.07) is 7.85. The third-order valence-corrected chi connectivity index (χ3v) is 3.16. The number of rotatable bonds is 2. The average molecular weight is 246 g/mol. The summed E-state index contributed by atoms with van der Waals surface area (Å²) in [6.07, 6.45) is 1.74. The third-order valence-electron chi connectivity index (χ3n) is 2.85. The molecule has 0 radical (unpaired) electrons. The Balaban J connectivity index is 2.60. The van der Waals surface area contributed by atoms with E-state index in [4.69, 9.17) is 11.6 Å². The van der Waals surface area contributed by atoms with Gasteiger partial charge in [0, 0.05) is 11.6 Å². The smallest absolute Gasteiger partial charge is 0.101 e. The highest BCUT2D eigenvalue weighted by Gasteiger charge is 2.09. The molecule has 0 unspecified atom stereocenters. The van der Waals surface area contributed by atoms with Crippen LogP contribution in [-0.2, 0) is 5.88 Å². The maximum atomic E-state index is 9.17. The number of imidazole rings is 1. The Kier molecular flexibility index (Phi) is 3.16. The minimum Gasteiger partial charge on any atom is -0.302 e. The van der Waals surface area contributed by atoms with Gasteiger partial charge in [-0.15, -0.1) is 11.6 Å². The highest BCUT2D eigenvalue weighted by Crippen LogP contribution is 2.20. The fourth-order valence-electron chi connectivity index (χ4n) is 1.71. The highest BCUT2D eigenvalue weighted by molar-refractivity contribution is 6.17. The molecule has 0 aliphatic carbocycles. The van der Waals surface area contributed by atoms with Crippen LogP contribution < -0.4 is 0 Å². The zero-order valence-corrected chi connectivity index (χ0v) is 10.5. The van der Waals surface area contributed by atoms with Gasteiger partial charge in [0.25, 0.3) is 0 Å². The first-order valence-electron chi connectivity index (χ1n) is 5.27. The Morgan fingerprint density at radius 3 is 2.71 bits per heavy atom. The van der Waals surface area contributed by atoms with Gasteiger partial charge in [-0.05, 0) is 31.5 Å². The van der Waals surface area contributed by atoms with E-state index in [0.717, 1.165) is 22.6 Å². The lowest BCUT2D eigenvalue weighted by Crippen LogP contribution is -1.99. The van der Waals surface area contributed by atoms with E-state index >= 15 is 0 Å². The standard InChI is InChI=1S/C13H12ClN3/c1-9-10(2)17(8-16-9)13-4-3-11(6-14)5-12(13)7-15/h3-5,8H,6H2,1-2H3. The lowest BCUT2D eigenvalue weighted by atomic mass is 10.1. The van der Waals surface area contributed by atoms with E-state index in [0.29, 0.717) is 11.4 Å². The van der Waals surface area contributed by atoms with Crippen molar-refractivity contribution in [2.45, 2.75) is 19.7 Å². The first kappa shape index (κ1) is 11.7. The molecule has 1 aromatic heterocycles. The van der Waals surface area contributed by atoms with E-state index in [-0.39, 0.29) is 0 Å². The van der Waals surface area contributed by atoms with Crippen LogP contribution in [-0.4, -0.2) is 9.55 Å². The molecule has 0 N–H and O–H groups in total. The molecule has 17 heavy (non-hydrogen) atoms. The summed E-state index contributed by atoms with van der Waals surface area (Å²) in [7, 11) is 0. The number of nitrogens with zero attached hydrogens (tertiary/aromatic N) is 3. The quantitative estimate of drug-likeness (QED) is 0.763. The largest absolute Gasteiger partial charge is 0.302 e. The van der Waals surface area contributed by atoms with Gasteiger partial charge in [0.15, 0.2) is 0 Å². The van der Waals surface area contributed by atoms with Crippen molar-refractivity contribution < 1.29 is 0 Å². The molecular weight excluding hydrogens is 234 g/mol. The SMILES string of the molecule is Cc1ncn(-c2ccc(CCl)cc2C#N)c1C. The Bertz CT molecular complexity index is 593. The van der Waals surface area contributed by atoms with E-state index in [1.807, 2.05) is 36.6 Å². The second-order valence-electron chi connectivity index (χ2n) is 3.88. The molecule has 2 rings (SSSR count). The summed E-state index contributed by atoms with van der Waals surface area (Å²) < 4.78 is 1.92. The van der Waals surface area contributed by atoms with Crippen molar-refractivity contribution in [3.8, 4) is 11.8 Å². The molecule has 0 atom stereocenters. The van der Waals surface area contributed by atoms with Gasteiger partial charge in [-0.2, -0.15) is 5.26 Å². The molecule has 0 spiro atoms. The summed E-state index contributed by atoms with van der Waals surface area (Å²) in [4.78, 5) is 4.24. The van der Waals surface area contributed by atoms with E-state index in [9.17, 15) is 5.26 Å². The van der Waals surface area contributed by atoms with Crippen LogP contribution in [0.3, 0.4) is 0 Å².